The number of hydrogen-bond acceptors (Lipinski definition) is 5. The molecule has 0 radical (unpaired) electrons. The van der Waals surface area contributed by atoms with Crippen molar-refractivity contribution in [1.29, 1.82) is 0 Å². The maximum Gasteiger partial charge on any atom is 0.267 e. The average Bonchev–Trinajstić information content (AvgIpc) is 2.96. The van der Waals surface area contributed by atoms with Crippen LogP contribution in [0.2, 0.25) is 0 Å². The van der Waals surface area contributed by atoms with E-state index in [-0.39, 0.29) is 11.5 Å². The Labute approximate surface area is 190 Å². The average molecular weight is 454 g/mol. The zero-order valence-electron chi connectivity index (χ0n) is 17.6. The number of thiophene rings is 1. The molecule has 0 unspecified atom stereocenters. The van der Waals surface area contributed by atoms with Gasteiger partial charge in [0, 0.05) is 18.0 Å². The van der Waals surface area contributed by atoms with Crippen LogP contribution in [0.4, 0.5) is 0 Å². The molecule has 2 aromatic heterocycles. The number of aromatic nitrogens is 2. The van der Waals surface area contributed by atoms with Crippen LogP contribution in [0.15, 0.2) is 40.3 Å². The van der Waals surface area contributed by atoms with Gasteiger partial charge in [-0.05, 0) is 56.2 Å². The number of thioether (sulfide) groups is 1. The van der Waals surface area contributed by atoms with Crippen molar-refractivity contribution in [1.82, 2.24) is 14.5 Å². The molecule has 1 amide bonds. The third-order valence-electron chi connectivity index (χ3n) is 6.26. The fraction of sp³-hybridized carbons (Fsp3) is 0.458. The fourth-order valence-electron chi connectivity index (χ4n) is 4.63. The van der Waals surface area contributed by atoms with Gasteiger partial charge in [0.1, 0.15) is 4.83 Å². The van der Waals surface area contributed by atoms with Crippen LogP contribution in [0.3, 0.4) is 0 Å². The van der Waals surface area contributed by atoms with Crippen LogP contribution in [0, 0.1) is 0 Å². The Morgan fingerprint density at radius 1 is 1.00 bits per heavy atom. The summed E-state index contributed by atoms with van der Waals surface area (Å²) in [7, 11) is 0. The van der Waals surface area contributed by atoms with Crippen LogP contribution in [-0.2, 0) is 17.6 Å². The molecule has 1 aliphatic carbocycles. The number of carbonyl (C=O) groups is 1. The summed E-state index contributed by atoms with van der Waals surface area (Å²) in [4.78, 5) is 35.6. The number of aryl methyl sites for hydroxylation is 2. The molecule has 2 aliphatic rings. The first-order chi connectivity index (χ1) is 15.2. The normalized spacial score (nSPS) is 16.8. The Balaban J connectivity index is 1.53. The van der Waals surface area contributed by atoms with Gasteiger partial charge in [-0.25, -0.2) is 4.98 Å². The first-order valence-corrected chi connectivity index (χ1v) is 13.1. The SMILES string of the molecule is O=C(CSc1nc2sc3c(c2c(=O)n1-c1ccccc1)CCCC3)N1CCCCCC1. The van der Waals surface area contributed by atoms with Gasteiger partial charge in [0.15, 0.2) is 5.16 Å². The Kier molecular flexibility index (Phi) is 6.14. The molecular weight excluding hydrogens is 426 g/mol. The summed E-state index contributed by atoms with van der Waals surface area (Å²) < 4.78 is 1.71. The molecule has 0 atom stereocenters. The molecule has 1 fully saturated rings. The standard InChI is InChI=1S/C24H27N3O2S2/c28-20(26-14-8-1-2-9-15-26)16-30-24-25-22-21(18-12-6-7-13-19(18)31-22)23(29)27(24)17-10-4-3-5-11-17/h3-5,10-11H,1-2,6-9,12-16H2. The van der Waals surface area contributed by atoms with Gasteiger partial charge >= 0.3 is 0 Å². The van der Waals surface area contributed by atoms with Gasteiger partial charge in [0.2, 0.25) is 5.91 Å². The maximum absolute atomic E-state index is 13.7. The molecule has 1 aliphatic heterocycles. The van der Waals surface area contributed by atoms with Crippen molar-refractivity contribution in [2.75, 3.05) is 18.8 Å². The van der Waals surface area contributed by atoms with E-state index < -0.39 is 0 Å². The Bertz CT molecular complexity index is 1150. The number of carbonyl (C=O) groups excluding carboxylic acids is 1. The Morgan fingerprint density at radius 2 is 1.74 bits per heavy atom. The second-order valence-electron chi connectivity index (χ2n) is 8.35. The van der Waals surface area contributed by atoms with E-state index in [1.54, 1.807) is 15.9 Å². The van der Waals surface area contributed by atoms with Gasteiger partial charge in [0.25, 0.3) is 5.56 Å². The van der Waals surface area contributed by atoms with Crippen LogP contribution in [0.25, 0.3) is 15.9 Å². The van der Waals surface area contributed by atoms with Crippen LogP contribution >= 0.6 is 23.1 Å². The number of rotatable bonds is 4. The van der Waals surface area contributed by atoms with Crippen molar-refractivity contribution in [2.24, 2.45) is 0 Å². The smallest absolute Gasteiger partial charge is 0.267 e. The molecular formula is C24H27N3O2S2. The molecule has 1 aromatic carbocycles. The highest BCUT2D eigenvalue weighted by molar-refractivity contribution is 7.99. The van der Waals surface area contributed by atoms with E-state index in [2.05, 4.69) is 0 Å². The molecule has 3 heterocycles. The van der Waals surface area contributed by atoms with Crippen molar-refractivity contribution in [2.45, 2.75) is 56.5 Å². The highest BCUT2D eigenvalue weighted by Gasteiger charge is 2.24. The molecule has 1 saturated heterocycles. The van der Waals surface area contributed by atoms with E-state index >= 15 is 0 Å². The van der Waals surface area contributed by atoms with Crippen LogP contribution in [0.1, 0.15) is 49.0 Å². The van der Waals surface area contributed by atoms with Crippen molar-refractivity contribution in [3.05, 3.63) is 51.1 Å². The van der Waals surface area contributed by atoms with Crippen LogP contribution in [0.5, 0.6) is 0 Å². The topological polar surface area (TPSA) is 55.2 Å². The summed E-state index contributed by atoms with van der Waals surface area (Å²) >= 11 is 3.06. The Morgan fingerprint density at radius 3 is 2.52 bits per heavy atom. The van der Waals surface area contributed by atoms with Crippen molar-refractivity contribution in [3.8, 4) is 5.69 Å². The van der Waals surface area contributed by atoms with Gasteiger partial charge in [-0.1, -0.05) is 42.8 Å². The first-order valence-electron chi connectivity index (χ1n) is 11.3. The largest absolute Gasteiger partial charge is 0.342 e. The van der Waals surface area contributed by atoms with E-state index in [0.717, 1.165) is 61.1 Å². The van der Waals surface area contributed by atoms with Crippen molar-refractivity contribution in [3.63, 3.8) is 0 Å². The first kappa shape index (κ1) is 20.8. The molecule has 0 N–H and O–H groups in total. The molecule has 7 heteroatoms. The molecule has 31 heavy (non-hydrogen) atoms. The van der Waals surface area contributed by atoms with E-state index in [4.69, 9.17) is 4.98 Å². The summed E-state index contributed by atoms with van der Waals surface area (Å²) in [6, 6.07) is 9.70. The quantitative estimate of drug-likeness (QED) is 0.420. The number of amides is 1. The van der Waals surface area contributed by atoms with Crippen LogP contribution < -0.4 is 5.56 Å². The third kappa shape index (κ3) is 4.17. The third-order valence-corrected chi connectivity index (χ3v) is 8.37. The summed E-state index contributed by atoms with van der Waals surface area (Å²) in [6.45, 7) is 1.68. The number of hydrogen-bond donors (Lipinski definition) is 0. The lowest BCUT2D eigenvalue weighted by atomic mass is 9.97. The second kappa shape index (κ2) is 9.17. The number of nitrogens with zero attached hydrogens (tertiary/aromatic N) is 3. The van der Waals surface area contributed by atoms with E-state index in [0.29, 0.717) is 10.9 Å². The summed E-state index contributed by atoms with van der Waals surface area (Å²) in [5.41, 5.74) is 2.01. The summed E-state index contributed by atoms with van der Waals surface area (Å²) in [5.74, 6) is 0.460. The van der Waals surface area contributed by atoms with E-state index in [1.807, 2.05) is 35.2 Å². The lowest BCUT2D eigenvalue weighted by Gasteiger charge is -2.20. The second-order valence-corrected chi connectivity index (χ2v) is 10.4. The lowest BCUT2D eigenvalue weighted by molar-refractivity contribution is -0.128. The lowest BCUT2D eigenvalue weighted by Crippen LogP contribution is -2.33. The number of fused-ring (bicyclic) bond motifs is 3. The van der Waals surface area contributed by atoms with Crippen molar-refractivity contribution >= 4 is 39.2 Å². The van der Waals surface area contributed by atoms with Gasteiger partial charge < -0.3 is 4.90 Å². The molecule has 162 valence electrons. The highest BCUT2D eigenvalue weighted by atomic mass is 32.2. The van der Waals surface area contributed by atoms with Gasteiger partial charge in [-0.2, -0.15) is 0 Å². The summed E-state index contributed by atoms with van der Waals surface area (Å²) in [5, 5.41) is 1.40. The molecule has 5 rings (SSSR count). The minimum absolute atomic E-state index is 0.000298. The predicted octanol–water partition coefficient (Wildman–Crippen LogP) is 4.82. The minimum Gasteiger partial charge on any atom is -0.342 e. The minimum atomic E-state index is 0.000298. The highest BCUT2D eigenvalue weighted by Crippen LogP contribution is 2.35. The zero-order chi connectivity index (χ0) is 21.2. The monoisotopic (exact) mass is 453 g/mol. The summed E-state index contributed by atoms with van der Waals surface area (Å²) in [6.07, 6.45) is 8.87. The fourth-order valence-corrected chi connectivity index (χ4v) is 6.84. The van der Waals surface area contributed by atoms with Gasteiger partial charge in [0.05, 0.1) is 16.8 Å². The molecule has 5 nitrogen and oxygen atoms in total. The molecule has 0 saturated carbocycles. The number of para-hydroxylation sites is 1. The number of benzene rings is 1. The predicted molar refractivity (Wildman–Crippen MR) is 128 cm³/mol. The van der Waals surface area contributed by atoms with Gasteiger partial charge in [-0.3, -0.25) is 14.2 Å². The molecule has 3 aromatic rings. The Hall–Kier alpha value is -2.12. The van der Waals surface area contributed by atoms with Crippen molar-refractivity contribution < 1.29 is 4.79 Å². The van der Waals surface area contributed by atoms with Gasteiger partial charge in [-0.15, -0.1) is 11.3 Å². The number of likely N-dealkylation sites (tertiary alicyclic amines) is 1. The maximum atomic E-state index is 13.7. The van der Waals surface area contributed by atoms with Crippen LogP contribution in [-0.4, -0.2) is 39.2 Å². The molecule has 0 bridgehead atoms. The van der Waals surface area contributed by atoms with E-state index in [1.165, 1.54) is 41.5 Å². The van der Waals surface area contributed by atoms with E-state index in [9.17, 15) is 9.59 Å². The zero-order valence-corrected chi connectivity index (χ0v) is 19.3. The molecule has 0 spiro atoms.